The van der Waals surface area contributed by atoms with Crippen LogP contribution in [0.15, 0.2) is 87.2 Å². The summed E-state index contributed by atoms with van der Waals surface area (Å²) in [7, 11) is -9.93. The van der Waals surface area contributed by atoms with E-state index < -0.39 is 46.5 Å². The maximum atomic E-state index is 13.8. The molecule has 8 nitrogen and oxygen atoms in total. The third-order valence-corrected chi connectivity index (χ3v) is 19.5. The Bertz CT molecular complexity index is 2100. The van der Waals surface area contributed by atoms with Crippen molar-refractivity contribution in [2.24, 2.45) is 5.92 Å². The van der Waals surface area contributed by atoms with Crippen LogP contribution in [0.3, 0.4) is 0 Å². The van der Waals surface area contributed by atoms with Crippen molar-refractivity contribution < 1.29 is 26.0 Å². The van der Waals surface area contributed by atoms with Crippen LogP contribution in [-0.4, -0.2) is 48.4 Å². The van der Waals surface area contributed by atoms with Crippen LogP contribution >= 0.6 is 15.9 Å². The summed E-state index contributed by atoms with van der Waals surface area (Å²) in [4.78, 5) is 0.387. The smallest absolute Gasteiger partial charge is 0.268 e. The lowest BCUT2D eigenvalue weighted by Gasteiger charge is -2.42. The van der Waals surface area contributed by atoms with Gasteiger partial charge in [0, 0.05) is 34.8 Å². The predicted molar refractivity (Wildman–Crippen MR) is 206 cm³/mol. The number of ether oxygens (including phenoxy) is 1. The largest absolute Gasteiger partial charge is 0.415 e. The number of hydrogen-bond acceptors (Lipinski definition) is 6. The molecule has 0 saturated carbocycles. The number of halogens is 1. The van der Waals surface area contributed by atoms with E-state index in [0.717, 1.165) is 21.0 Å². The van der Waals surface area contributed by atoms with Gasteiger partial charge in [0.05, 0.1) is 21.2 Å². The van der Waals surface area contributed by atoms with Gasteiger partial charge < -0.3 is 9.16 Å². The Hall–Kier alpha value is -2.76. The van der Waals surface area contributed by atoms with E-state index in [2.05, 4.69) is 74.0 Å². The maximum absolute atomic E-state index is 13.8. The summed E-state index contributed by atoms with van der Waals surface area (Å²) in [5, 5.41) is 0.741. The molecule has 0 aliphatic carbocycles. The zero-order chi connectivity index (χ0) is 36.6. The highest BCUT2D eigenvalue weighted by atomic mass is 79.9. The van der Waals surface area contributed by atoms with E-state index >= 15 is 0 Å². The summed E-state index contributed by atoms with van der Waals surface area (Å²) in [5.74, 6) is 6.08. The molecule has 1 N–H and O–H groups in total. The quantitative estimate of drug-likeness (QED) is 0.0827. The first-order valence-electron chi connectivity index (χ1n) is 17.0. The maximum Gasteiger partial charge on any atom is 0.268 e. The van der Waals surface area contributed by atoms with Crippen LogP contribution in [0.4, 0.5) is 0 Å². The second kappa shape index (κ2) is 15.1. The standard InChI is InChI=1S/C38H47BrN2O6S2Si/c1-25(2)50(26(3)4,27(5)6)46-24-30(22-40-48(42,43)31-17-12-28(7)13-18-31)16-21-36-38(47-36)33-23-41(35-11-9-10-34(39)37(33)35)49(44,45)32-19-14-29(8)15-20-32/h9-15,17-20,23,25-27,30,36,38,40H,22,24H2,1-8H3/t30-,36-,38+/m0/s1. The number of aromatic nitrogens is 1. The molecule has 1 aliphatic heterocycles. The van der Waals surface area contributed by atoms with Crippen LogP contribution in [0.5, 0.6) is 0 Å². The molecule has 268 valence electrons. The van der Waals surface area contributed by atoms with E-state index in [1.54, 1.807) is 66.9 Å². The summed E-state index contributed by atoms with van der Waals surface area (Å²) in [6.07, 6.45) is 0.669. The van der Waals surface area contributed by atoms with Gasteiger partial charge in [0.25, 0.3) is 10.0 Å². The molecule has 50 heavy (non-hydrogen) atoms. The molecule has 3 atom stereocenters. The third kappa shape index (κ3) is 7.84. The monoisotopic (exact) mass is 798 g/mol. The number of epoxide rings is 1. The van der Waals surface area contributed by atoms with Crippen LogP contribution in [0, 0.1) is 31.6 Å². The van der Waals surface area contributed by atoms with E-state index in [9.17, 15) is 16.8 Å². The van der Waals surface area contributed by atoms with Crippen molar-refractivity contribution in [3.05, 3.63) is 94.1 Å². The Morgan fingerprint density at radius 1 is 0.860 bits per heavy atom. The molecule has 0 bridgehead atoms. The molecule has 0 spiro atoms. The summed E-state index contributed by atoms with van der Waals surface area (Å²) in [6, 6.07) is 19.0. The predicted octanol–water partition coefficient (Wildman–Crippen LogP) is 8.49. The Kier molecular flexibility index (Phi) is 11.6. The first-order chi connectivity index (χ1) is 23.5. The molecule has 3 aromatic carbocycles. The summed E-state index contributed by atoms with van der Waals surface area (Å²) < 4.78 is 71.9. The highest BCUT2D eigenvalue weighted by molar-refractivity contribution is 9.10. The van der Waals surface area contributed by atoms with Gasteiger partial charge in [-0.2, -0.15) is 0 Å². The molecule has 0 unspecified atom stereocenters. The van der Waals surface area contributed by atoms with Gasteiger partial charge in [-0.05, 0) is 66.9 Å². The van der Waals surface area contributed by atoms with Gasteiger partial charge in [-0.15, -0.1) is 0 Å². The summed E-state index contributed by atoms with van der Waals surface area (Å²) in [5.41, 5.74) is 4.23. The van der Waals surface area contributed by atoms with Gasteiger partial charge in [-0.3, -0.25) is 0 Å². The van der Waals surface area contributed by atoms with Gasteiger partial charge >= 0.3 is 0 Å². The van der Waals surface area contributed by atoms with Crippen molar-refractivity contribution in [1.29, 1.82) is 0 Å². The minimum absolute atomic E-state index is 0.0685. The average molecular weight is 800 g/mol. The van der Waals surface area contributed by atoms with Crippen LogP contribution < -0.4 is 4.72 Å². The van der Waals surface area contributed by atoms with Crippen molar-refractivity contribution >= 4 is 55.2 Å². The molecular weight excluding hydrogens is 753 g/mol. The SMILES string of the molecule is Cc1ccc(S(=O)(=O)NC[C@H](C#C[C@@H]2O[C@@H]2c2cn(S(=O)(=O)c3ccc(C)cc3)c3cccc(Br)c23)CO[Si](C(C)C)(C(C)C)C(C)C)cc1. The van der Waals surface area contributed by atoms with Gasteiger partial charge in [0.1, 0.15) is 12.2 Å². The minimum Gasteiger partial charge on any atom is -0.415 e. The van der Waals surface area contributed by atoms with Gasteiger partial charge in [-0.25, -0.2) is 25.5 Å². The number of nitrogens with zero attached hydrogens (tertiary/aromatic N) is 1. The van der Waals surface area contributed by atoms with Crippen LogP contribution in [0.1, 0.15) is 64.3 Å². The van der Waals surface area contributed by atoms with Crippen molar-refractivity contribution in [2.45, 2.75) is 94.0 Å². The second-order valence-electron chi connectivity index (χ2n) is 14.1. The lowest BCUT2D eigenvalue weighted by molar-refractivity contribution is 0.247. The van der Waals surface area contributed by atoms with Crippen molar-refractivity contribution in [3.63, 3.8) is 0 Å². The van der Waals surface area contributed by atoms with Crippen molar-refractivity contribution in [3.8, 4) is 11.8 Å². The molecule has 0 amide bonds. The fourth-order valence-corrected chi connectivity index (χ4v) is 15.6. The molecule has 1 saturated heterocycles. The van der Waals surface area contributed by atoms with Gasteiger partial charge in [0.15, 0.2) is 8.32 Å². The number of nitrogens with one attached hydrogen (secondary N) is 1. The topological polar surface area (TPSA) is 107 Å². The van der Waals surface area contributed by atoms with Gasteiger partial charge in [0.2, 0.25) is 10.0 Å². The molecule has 5 rings (SSSR count). The molecule has 1 aromatic heterocycles. The van der Waals surface area contributed by atoms with E-state index in [1.807, 2.05) is 19.9 Å². The van der Waals surface area contributed by atoms with Crippen molar-refractivity contribution in [1.82, 2.24) is 8.69 Å². The molecule has 0 radical (unpaired) electrons. The Labute approximate surface area is 307 Å². The molecule has 1 aliphatic rings. The number of benzene rings is 3. The van der Waals surface area contributed by atoms with Gasteiger partial charge in [-0.1, -0.05) is 111 Å². The normalized spacial score (nSPS) is 17.4. The molecule has 12 heteroatoms. The van der Waals surface area contributed by atoms with E-state index in [4.69, 9.17) is 9.16 Å². The Balaban J connectivity index is 1.44. The first kappa shape index (κ1) is 38.5. The number of sulfonamides is 1. The summed E-state index contributed by atoms with van der Waals surface area (Å²) in [6.45, 7) is 17.4. The van der Waals surface area contributed by atoms with E-state index in [-0.39, 0.29) is 22.9 Å². The zero-order valence-electron chi connectivity index (χ0n) is 29.9. The molecule has 1 fully saturated rings. The fraction of sp³-hybridized carbons (Fsp3) is 0.421. The zero-order valence-corrected chi connectivity index (χ0v) is 34.1. The number of rotatable bonds is 13. The van der Waals surface area contributed by atoms with E-state index in [0.29, 0.717) is 27.7 Å². The lowest BCUT2D eigenvalue weighted by atomic mass is 10.1. The number of fused-ring (bicyclic) bond motifs is 1. The highest BCUT2D eigenvalue weighted by Crippen LogP contribution is 2.45. The summed E-state index contributed by atoms with van der Waals surface area (Å²) >= 11 is 3.63. The number of aryl methyl sites for hydroxylation is 2. The lowest BCUT2D eigenvalue weighted by Crippen LogP contribution is -2.49. The van der Waals surface area contributed by atoms with Crippen LogP contribution in [0.25, 0.3) is 10.9 Å². The molecule has 4 aromatic rings. The molecular formula is C38H47BrN2O6S2Si. The van der Waals surface area contributed by atoms with Crippen molar-refractivity contribution in [2.75, 3.05) is 13.2 Å². The fourth-order valence-electron chi connectivity index (χ4n) is 7.05. The van der Waals surface area contributed by atoms with E-state index in [1.165, 1.54) is 3.97 Å². The first-order valence-corrected chi connectivity index (χ1v) is 22.8. The Morgan fingerprint density at radius 3 is 1.98 bits per heavy atom. The number of hydrogen-bond donors (Lipinski definition) is 1. The highest BCUT2D eigenvalue weighted by Gasteiger charge is 2.46. The van der Waals surface area contributed by atoms with Crippen LogP contribution in [-0.2, 0) is 29.2 Å². The Morgan fingerprint density at radius 2 is 1.42 bits per heavy atom. The van der Waals surface area contributed by atoms with Crippen LogP contribution in [0.2, 0.25) is 16.6 Å². The second-order valence-corrected chi connectivity index (χ2v) is 24.0. The average Bonchev–Trinajstić information content (AvgIpc) is 3.71. The molecule has 2 heterocycles. The third-order valence-electron chi connectivity index (χ3n) is 9.67. The minimum atomic E-state index is -3.89.